The molecule has 10 heteroatoms. The average molecular weight is 482 g/mol. The first-order valence-electron chi connectivity index (χ1n) is 9.87. The molecule has 0 atom stereocenters. The van der Waals surface area contributed by atoms with Gasteiger partial charge in [0.2, 0.25) is 5.91 Å². The van der Waals surface area contributed by atoms with Crippen LogP contribution in [0, 0.1) is 10.1 Å². The van der Waals surface area contributed by atoms with Crippen molar-refractivity contribution >= 4 is 46.6 Å². The lowest BCUT2D eigenvalue weighted by Crippen LogP contribution is -2.14. The van der Waals surface area contributed by atoms with Gasteiger partial charge in [-0.3, -0.25) is 19.7 Å². The second-order valence-electron chi connectivity index (χ2n) is 6.86. The first-order valence-corrected chi connectivity index (χ1v) is 10.3. The predicted octanol–water partition coefficient (Wildman–Crippen LogP) is 5.17. The second kappa shape index (κ2) is 11.0. The van der Waals surface area contributed by atoms with Crippen LogP contribution in [0.2, 0.25) is 5.02 Å². The summed E-state index contributed by atoms with van der Waals surface area (Å²) in [5.74, 6) is -0.262. The summed E-state index contributed by atoms with van der Waals surface area (Å²) < 4.78 is 10.7. The molecule has 0 heterocycles. The Balaban J connectivity index is 1.79. The van der Waals surface area contributed by atoms with E-state index in [0.717, 1.165) is 0 Å². The van der Waals surface area contributed by atoms with Crippen LogP contribution < -0.4 is 20.1 Å². The molecular formula is C24H20ClN3O6. The number of halogens is 1. The molecule has 0 unspecified atom stereocenters. The zero-order valence-electron chi connectivity index (χ0n) is 18.2. The van der Waals surface area contributed by atoms with Gasteiger partial charge < -0.3 is 20.1 Å². The summed E-state index contributed by atoms with van der Waals surface area (Å²) in [6.07, 6.45) is 2.63. The second-order valence-corrected chi connectivity index (χ2v) is 7.27. The van der Waals surface area contributed by atoms with Crippen molar-refractivity contribution in [2.45, 2.75) is 0 Å². The summed E-state index contributed by atoms with van der Waals surface area (Å²) in [5.41, 5.74) is 1.29. The number of amides is 2. The number of nitrogens with one attached hydrogen (secondary N) is 2. The third-order valence-electron chi connectivity index (χ3n) is 4.66. The van der Waals surface area contributed by atoms with Crippen LogP contribution in [0.5, 0.6) is 11.5 Å². The molecule has 0 bridgehead atoms. The quantitative estimate of drug-likeness (QED) is 0.260. The maximum atomic E-state index is 12.5. The normalized spacial score (nSPS) is 10.6. The molecule has 0 saturated carbocycles. The molecule has 0 aliphatic heterocycles. The van der Waals surface area contributed by atoms with Crippen LogP contribution in [0.1, 0.15) is 15.9 Å². The fraction of sp³-hybridized carbons (Fsp3) is 0.0833. The van der Waals surface area contributed by atoms with E-state index in [9.17, 15) is 19.7 Å². The van der Waals surface area contributed by atoms with Crippen molar-refractivity contribution in [3.8, 4) is 11.5 Å². The van der Waals surface area contributed by atoms with E-state index in [-0.39, 0.29) is 22.4 Å². The Morgan fingerprint density at radius 1 is 0.941 bits per heavy atom. The van der Waals surface area contributed by atoms with Gasteiger partial charge in [-0.2, -0.15) is 0 Å². The summed E-state index contributed by atoms with van der Waals surface area (Å²) in [4.78, 5) is 35.4. The molecule has 2 N–H and O–H groups in total. The van der Waals surface area contributed by atoms with Gasteiger partial charge in [0, 0.05) is 29.8 Å². The number of nitrogens with zero attached hydrogens (tertiary/aromatic N) is 1. The van der Waals surface area contributed by atoms with Crippen molar-refractivity contribution in [3.63, 3.8) is 0 Å². The summed E-state index contributed by atoms with van der Waals surface area (Å²) >= 11 is 5.81. The van der Waals surface area contributed by atoms with E-state index in [1.807, 2.05) is 0 Å². The Hall–Kier alpha value is -4.37. The average Bonchev–Trinajstić information content (AvgIpc) is 2.84. The molecule has 9 nitrogen and oxygen atoms in total. The van der Waals surface area contributed by atoms with Gasteiger partial charge in [0.15, 0.2) is 0 Å². The van der Waals surface area contributed by atoms with Crippen molar-refractivity contribution in [1.29, 1.82) is 0 Å². The lowest BCUT2D eigenvalue weighted by Gasteiger charge is -2.16. The molecule has 0 saturated heterocycles. The molecule has 0 fully saturated rings. The standard InChI is InChI=1S/C24H20ClN3O6/c1-33-21-14-19(27-24(30)16-6-4-3-5-7-16)22(34-2)13-18(21)26-23(29)11-9-15-8-10-17(25)20(12-15)28(31)32/h3-14H,1-2H3,(H,26,29)(H,27,30)/b11-9+. The SMILES string of the molecule is COc1cc(NC(=O)c2ccccc2)c(OC)cc1NC(=O)/C=C/c1ccc(Cl)c([N+](=O)[O-])c1. The summed E-state index contributed by atoms with van der Waals surface area (Å²) in [6, 6.07) is 15.9. The van der Waals surface area contributed by atoms with Crippen molar-refractivity contribution in [3.05, 3.63) is 93.0 Å². The van der Waals surface area contributed by atoms with E-state index in [0.29, 0.717) is 28.3 Å². The van der Waals surface area contributed by atoms with Crippen LogP contribution in [-0.2, 0) is 4.79 Å². The maximum absolute atomic E-state index is 12.5. The number of carbonyl (C=O) groups is 2. The minimum absolute atomic E-state index is 0.00266. The lowest BCUT2D eigenvalue weighted by molar-refractivity contribution is -0.384. The van der Waals surface area contributed by atoms with Gasteiger partial charge in [-0.25, -0.2) is 0 Å². The number of hydrogen-bond donors (Lipinski definition) is 2. The van der Waals surface area contributed by atoms with E-state index in [1.54, 1.807) is 36.4 Å². The molecule has 0 aliphatic carbocycles. The number of benzene rings is 3. The Morgan fingerprint density at radius 3 is 2.15 bits per heavy atom. The number of anilines is 2. The summed E-state index contributed by atoms with van der Waals surface area (Å²) in [6.45, 7) is 0. The minimum atomic E-state index is -0.602. The van der Waals surface area contributed by atoms with Gasteiger partial charge in [-0.05, 0) is 29.8 Å². The number of hydrogen-bond acceptors (Lipinski definition) is 6. The van der Waals surface area contributed by atoms with Crippen LogP contribution in [0.15, 0.2) is 66.7 Å². The Bertz CT molecular complexity index is 1260. The van der Waals surface area contributed by atoms with Crippen LogP contribution in [-0.4, -0.2) is 31.0 Å². The highest BCUT2D eigenvalue weighted by Gasteiger charge is 2.16. The Labute approximate surface area is 200 Å². The fourth-order valence-corrected chi connectivity index (χ4v) is 3.18. The minimum Gasteiger partial charge on any atom is -0.494 e. The molecule has 0 spiro atoms. The Morgan fingerprint density at radius 2 is 1.56 bits per heavy atom. The number of carbonyl (C=O) groups excluding carboxylic acids is 2. The largest absolute Gasteiger partial charge is 0.494 e. The zero-order valence-corrected chi connectivity index (χ0v) is 19.0. The van der Waals surface area contributed by atoms with E-state index < -0.39 is 10.8 Å². The van der Waals surface area contributed by atoms with Crippen LogP contribution in [0.25, 0.3) is 6.08 Å². The molecule has 3 aromatic carbocycles. The van der Waals surface area contributed by atoms with Gasteiger partial charge in [0.05, 0.1) is 30.5 Å². The number of ether oxygens (including phenoxy) is 2. The van der Waals surface area contributed by atoms with Crippen molar-refractivity contribution in [1.82, 2.24) is 0 Å². The van der Waals surface area contributed by atoms with E-state index in [4.69, 9.17) is 21.1 Å². The number of nitro benzene ring substituents is 1. The summed E-state index contributed by atoms with van der Waals surface area (Å²) in [7, 11) is 2.85. The van der Waals surface area contributed by atoms with Crippen LogP contribution >= 0.6 is 11.6 Å². The molecule has 0 aromatic heterocycles. The number of nitro groups is 1. The topological polar surface area (TPSA) is 120 Å². The van der Waals surface area contributed by atoms with Crippen molar-refractivity contribution in [2.75, 3.05) is 24.9 Å². The number of methoxy groups -OCH3 is 2. The first-order chi connectivity index (χ1) is 16.3. The lowest BCUT2D eigenvalue weighted by atomic mass is 10.1. The van der Waals surface area contributed by atoms with Gasteiger partial charge in [0.25, 0.3) is 11.6 Å². The van der Waals surface area contributed by atoms with Gasteiger partial charge in [-0.1, -0.05) is 35.9 Å². The fourth-order valence-electron chi connectivity index (χ4n) is 3.00. The first kappa shape index (κ1) is 24.3. The summed E-state index contributed by atoms with van der Waals surface area (Å²) in [5, 5.41) is 16.5. The van der Waals surface area contributed by atoms with Crippen molar-refractivity contribution in [2.24, 2.45) is 0 Å². The molecule has 3 rings (SSSR count). The van der Waals surface area contributed by atoms with E-state index in [2.05, 4.69) is 10.6 Å². The smallest absolute Gasteiger partial charge is 0.288 e. The predicted molar refractivity (Wildman–Crippen MR) is 130 cm³/mol. The highest BCUT2D eigenvalue weighted by atomic mass is 35.5. The number of rotatable bonds is 8. The molecule has 2 amide bonds. The highest BCUT2D eigenvalue weighted by Crippen LogP contribution is 2.36. The van der Waals surface area contributed by atoms with Crippen molar-refractivity contribution < 1.29 is 24.0 Å². The third kappa shape index (κ3) is 5.90. The van der Waals surface area contributed by atoms with E-state index >= 15 is 0 Å². The molecule has 3 aromatic rings. The van der Waals surface area contributed by atoms with Gasteiger partial charge in [0.1, 0.15) is 16.5 Å². The zero-order chi connectivity index (χ0) is 24.7. The van der Waals surface area contributed by atoms with Gasteiger partial charge >= 0.3 is 0 Å². The van der Waals surface area contributed by atoms with Gasteiger partial charge in [-0.15, -0.1) is 0 Å². The monoisotopic (exact) mass is 481 g/mol. The molecule has 0 aliphatic rings. The Kier molecular flexibility index (Phi) is 7.83. The molecule has 174 valence electrons. The molecular weight excluding hydrogens is 462 g/mol. The molecule has 34 heavy (non-hydrogen) atoms. The van der Waals surface area contributed by atoms with Crippen LogP contribution in [0.3, 0.4) is 0 Å². The van der Waals surface area contributed by atoms with Crippen LogP contribution in [0.4, 0.5) is 17.1 Å². The third-order valence-corrected chi connectivity index (χ3v) is 4.98. The maximum Gasteiger partial charge on any atom is 0.288 e. The van der Waals surface area contributed by atoms with E-state index in [1.165, 1.54) is 50.6 Å². The highest BCUT2D eigenvalue weighted by molar-refractivity contribution is 6.32. The molecule has 0 radical (unpaired) electrons.